The molecule has 9 nitrogen and oxygen atoms in total. The van der Waals surface area contributed by atoms with Gasteiger partial charge >= 0.3 is 6.18 Å². The number of carbonyl (C=O) groups excluding carboxylic acids is 2. The fraction of sp³-hybridized carbons (Fsp3) is 0.353. The van der Waals surface area contributed by atoms with Gasteiger partial charge in [0.15, 0.2) is 5.69 Å². The highest BCUT2D eigenvalue weighted by Crippen LogP contribution is 2.34. The molecule has 0 atom stereocenters. The predicted molar refractivity (Wildman–Crippen MR) is 93.4 cm³/mol. The first-order valence-corrected chi connectivity index (χ1v) is 8.54. The van der Waals surface area contributed by atoms with Gasteiger partial charge in [-0.3, -0.25) is 19.7 Å². The van der Waals surface area contributed by atoms with E-state index in [1.807, 2.05) is 0 Å². The van der Waals surface area contributed by atoms with Crippen molar-refractivity contribution in [2.45, 2.75) is 13.1 Å². The zero-order valence-corrected chi connectivity index (χ0v) is 15.2. The number of nitro benzene ring substituents is 1. The van der Waals surface area contributed by atoms with Crippen molar-refractivity contribution >= 4 is 17.5 Å². The topological polar surface area (TPSA) is 102 Å². The minimum atomic E-state index is -4.88. The Morgan fingerprint density at radius 1 is 1.07 bits per heavy atom. The Morgan fingerprint density at radius 2 is 1.62 bits per heavy atom. The summed E-state index contributed by atoms with van der Waals surface area (Å²) >= 11 is 0. The van der Waals surface area contributed by atoms with Crippen LogP contribution in [0, 0.1) is 10.1 Å². The van der Waals surface area contributed by atoms with Gasteiger partial charge in [0.2, 0.25) is 5.91 Å². The third kappa shape index (κ3) is 4.05. The quantitative estimate of drug-likeness (QED) is 0.569. The maximum Gasteiger partial charge on any atom is 0.434 e. The number of rotatable bonds is 3. The predicted octanol–water partition coefficient (Wildman–Crippen LogP) is 2.10. The molecule has 12 heteroatoms. The van der Waals surface area contributed by atoms with Crippen LogP contribution in [0.1, 0.15) is 23.0 Å². The number of halogens is 3. The molecule has 1 fully saturated rings. The molecule has 29 heavy (non-hydrogen) atoms. The van der Waals surface area contributed by atoms with Crippen LogP contribution < -0.4 is 0 Å². The fourth-order valence-electron chi connectivity index (χ4n) is 3.08. The van der Waals surface area contributed by atoms with Crippen LogP contribution >= 0.6 is 0 Å². The van der Waals surface area contributed by atoms with Crippen LogP contribution in [0.15, 0.2) is 30.5 Å². The van der Waals surface area contributed by atoms with Gasteiger partial charge in [-0.1, -0.05) is 0 Å². The van der Waals surface area contributed by atoms with E-state index >= 15 is 0 Å². The molecule has 1 aromatic heterocycles. The number of aromatic nitrogens is 2. The van der Waals surface area contributed by atoms with E-state index in [0.29, 0.717) is 4.68 Å². The molecule has 0 N–H and O–H groups in total. The zero-order valence-electron chi connectivity index (χ0n) is 15.2. The molecule has 1 aromatic carbocycles. The molecule has 0 aliphatic carbocycles. The molecule has 1 saturated heterocycles. The van der Waals surface area contributed by atoms with Gasteiger partial charge in [0, 0.05) is 45.2 Å². The Balaban J connectivity index is 1.93. The van der Waals surface area contributed by atoms with E-state index in [1.165, 1.54) is 16.7 Å². The summed E-state index contributed by atoms with van der Waals surface area (Å²) < 4.78 is 41.8. The zero-order chi connectivity index (χ0) is 21.3. The largest absolute Gasteiger partial charge is 0.434 e. The standard InChI is InChI=1S/C17H16F3N5O4/c1-11(26)22-6-8-23(9-7-22)16(27)14-10-21-24(15(14)17(18,19)20)12-2-4-13(5-3-12)25(28)29/h2-5,10H,6-9H2,1H3. The van der Waals surface area contributed by atoms with E-state index in [1.54, 1.807) is 0 Å². The average molecular weight is 411 g/mol. The van der Waals surface area contributed by atoms with E-state index in [4.69, 9.17) is 0 Å². The van der Waals surface area contributed by atoms with E-state index in [2.05, 4.69) is 5.10 Å². The number of alkyl halides is 3. The molecular weight excluding hydrogens is 395 g/mol. The van der Waals surface area contributed by atoms with Gasteiger partial charge < -0.3 is 9.80 Å². The van der Waals surface area contributed by atoms with Crippen LogP contribution in [-0.2, 0) is 11.0 Å². The van der Waals surface area contributed by atoms with E-state index in [9.17, 15) is 32.9 Å². The van der Waals surface area contributed by atoms with Crippen molar-refractivity contribution in [2.24, 2.45) is 0 Å². The number of hydrogen-bond acceptors (Lipinski definition) is 5. The smallest absolute Gasteiger partial charge is 0.339 e. The van der Waals surface area contributed by atoms with Gasteiger partial charge in [0.05, 0.1) is 22.4 Å². The summed E-state index contributed by atoms with van der Waals surface area (Å²) in [6.45, 7) is 2.07. The van der Waals surface area contributed by atoms with Crippen molar-refractivity contribution in [3.8, 4) is 5.69 Å². The number of carbonyl (C=O) groups is 2. The average Bonchev–Trinajstić information content (AvgIpc) is 3.13. The second-order valence-corrected chi connectivity index (χ2v) is 6.39. The molecule has 1 aliphatic rings. The third-order valence-corrected chi connectivity index (χ3v) is 4.59. The normalized spacial score (nSPS) is 14.8. The number of benzene rings is 1. The lowest BCUT2D eigenvalue weighted by Crippen LogP contribution is -2.50. The Hall–Kier alpha value is -3.44. The van der Waals surface area contributed by atoms with Crippen molar-refractivity contribution < 1.29 is 27.7 Å². The Kier molecular flexibility index (Phi) is 5.27. The van der Waals surface area contributed by atoms with Gasteiger partial charge in [-0.25, -0.2) is 4.68 Å². The lowest BCUT2D eigenvalue weighted by Gasteiger charge is -2.34. The molecule has 2 aromatic rings. The van der Waals surface area contributed by atoms with Crippen LogP contribution in [-0.4, -0.2) is 62.5 Å². The summed E-state index contributed by atoms with van der Waals surface area (Å²) in [6.07, 6.45) is -4.05. The highest BCUT2D eigenvalue weighted by atomic mass is 19.4. The van der Waals surface area contributed by atoms with Gasteiger partial charge in [0.25, 0.3) is 11.6 Å². The van der Waals surface area contributed by atoms with Gasteiger partial charge in [-0.05, 0) is 12.1 Å². The second kappa shape index (κ2) is 7.53. The van der Waals surface area contributed by atoms with Crippen molar-refractivity contribution in [3.05, 3.63) is 51.8 Å². The summed E-state index contributed by atoms with van der Waals surface area (Å²) in [6, 6.07) is 4.36. The lowest BCUT2D eigenvalue weighted by molar-refractivity contribution is -0.384. The molecule has 0 radical (unpaired) electrons. The van der Waals surface area contributed by atoms with Crippen molar-refractivity contribution in [3.63, 3.8) is 0 Å². The lowest BCUT2D eigenvalue weighted by atomic mass is 10.1. The Labute approximate surface area is 162 Å². The van der Waals surface area contributed by atoms with Crippen molar-refractivity contribution in [2.75, 3.05) is 26.2 Å². The molecule has 0 unspecified atom stereocenters. The maximum absolute atomic E-state index is 13.7. The van der Waals surface area contributed by atoms with Crippen molar-refractivity contribution in [1.82, 2.24) is 19.6 Å². The number of piperazine rings is 1. The van der Waals surface area contributed by atoms with E-state index in [-0.39, 0.29) is 43.5 Å². The summed E-state index contributed by atoms with van der Waals surface area (Å²) in [7, 11) is 0. The van der Waals surface area contributed by atoms with E-state index < -0.39 is 28.3 Å². The summed E-state index contributed by atoms with van der Waals surface area (Å²) in [4.78, 5) is 36.9. The van der Waals surface area contributed by atoms with Gasteiger partial charge in [0.1, 0.15) is 0 Å². The summed E-state index contributed by atoms with van der Waals surface area (Å²) in [5.74, 6) is -1.01. The number of nitrogens with zero attached hydrogens (tertiary/aromatic N) is 5. The first-order valence-electron chi connectivity index (χ1n) is 8.54. The minimum absolute atomic E-state index is 0.0663. The summed E-state index contributed by atoms with van der Waals surface area (Å²) in [5.41, 5.74) is -2.23. The molecule has 154 valence electrons. The molecule has 2 heterocycles. The molecule has 2 amide bonds. The van der Waals surface area contributed by atoms with Crippen LogP contribution in [0.4, 0.5) is 18.9 Å². The molecule has 0 bridgehead atoms. The second-order valence-electron chi connectivity index (χ2n) is 6.39. The third-order valence-electron chi connectivity index (χ3n) is 4.59. The Bertz CT molecular complexity index is 947. The van der Waals surface area contributed by atoms with Crippen LogP contribution in [0.5, 0.6) is 0 Å². The number of non-ortho nitro benzene ring substituents is 1. The van der Waals surface area contributed by atoms with Crippen molar-refractivity contribution in [1.29, 1.82) is 0 Å². The van der Waals surface area contributed by atoms with Crippen LogP contribution in [0.25, 0.3) is 5.69 Å². The number of hydrogen-bond donors (Lipinski definition) is 0. The Morgan fingerprint density at radius 3 is 2.10 bits per heavy atom. The number of amides is 2. The fourth-order valence-corrected chi connectivity index (χ4v) is 3.08. The molecule has 0 spiro atoms. The monoisotopic (exact) mass is 411 g/mol. The van der Waals surface area contributed by atoms with E-state index in [0.717, 1.165) is 30.5 Å². The van der Waals surface area contributed by atoms with Gasteiger partial charge in [-0.2, -0.15) is 18.3 Å². The highest BCUT2D eigenvalue weighted by molar-refractivity contribution is 5.95. The van der Waals surface area contributed by atoms with Gasteiger partial charge in [-0.15, -0.1) is 0 Å². The first-order chi connectivity index (χ1) is 13.6. The molecule has 1 aliphatic heterocycles. The first kappa shape index (κ1) is 20.3. The van der Waals surface area contributed by atoms with Crippen LogP contribution in [0.2, 0.25) is 0 Å². The molecular formula is C17H16F3N5O4. The highest BCUT2D eigenvalue weighted by Gasteiger charge is 2.41. The maximum atomic E-state index is 13.7. The molecule has 3 rings (SSSR count). The van der Waals surface area contributed by atoms with Crippen LogP contribution in [0.3, 0.4) is 0 Å². The molecule has 0 saturated carbocycles. The minimum Gasteiger partial charge on any atom is -0.339 e. The number of nitro groups is 1. The SMILES string of the molecule is CC(=O)N1CCN(C(=O)c2cnn(-c3ccc([N+](=O)[O-])cc3)c2C(F)(F)F)CC1. The summed E-state index contributed by atoms with van der Waals surface area (Å²) in [5, 5.41) is 14.4.